The van der Waals surface area contributed by atoms with Crippen molar-refractivity contribution in [3.63, 3.8) is 0 Å². The van der Waals surface area contributed by atoms with Crippen molar-refractivity contribution in [3.05, 3.63) is 176 Å². The second-order valence-electron chi connectivity index (χ2n) is 40.1. The molecule has 0 fully saturated rings. The average Bonchev–Trinajstić information content (AvgIpc) is 0.872. The maximum absolute atomic E-state index is 5.09. The molecule has 6 nitrogen and oxygen atoms in total. The molecule has 0 aliphatic carbocycles. The van der Waals surface area contributed by atoms with Gasteiger partial charge in [0.05, 0.1) is 0 Å². The van der Waals surface area contributed by atoms with Crippen LogP contribution in [-0.4, -0.2) is 25.9 Å². The van der Waals surface area contributed by atoms with Crippen molar-refractivity contribution in [2.75, 3.05) is 31.9 Å². The summed E-state index contributed by atoms with van der Waals surface area (Å²) in [6.07, 6.45) is 93.0. The Morgan fingerprint density at radius 3 is 0.345 bits per heavy atom. The van der Waals surface area contributed by atoms with Gasteiger partial charge in [-0.25, -0.2) is 0 Å². The van der Waals surface area contributed by atoms with Gasteiger partial charge in [-0.2, -0.15) is 0 Å². The molecule has 6 N–H and O–H groups in total. The number of unbranched alkanes of at least 4 members (excludes halogenated alkanes) is 48. The van der Waals surface area contributed by atoms with E-state index in [-0.39, 0.29) is 21.1 Å². The third-order valence-electron chi connectivity index (χ3n) is 27.5. The molecule has 0 spiro atoms. The molecular weight excluding hydrogens is 2080 g/mol. The van der Waals surface area contributed by atoms with Crippen LogP contribution in [0, 0.1) is 0 Å². The molecule has 6 rings (SSSR count). The van der Waals surface area contributed by atoms with E-state index in [1.165, 1.54) is 491 Å². The maximum atomic E-state index is 5.09. The summed E-state index contributed by atoms with van der Waals surface area (Å²) in [5.74, 6) is 0. The molecule has 6 aromatic carbocycles. The van der Waals surface area contributed by atoms with Crippen LogP contribution in [-0.2, 0) is 174 Å². The van der Waals surface area contributed by atoms with Crippen molar-refractivity contribution >= 4 is 209 Å². The third kappa shape index (κ3) is 76.0. The van der Waals surface area contributed by atoms with E-state index in [0.717, 1.165) is 72.6 Å². The van der Waals surface area contributed by atoms with Crippen molar-refractivity contribution < 1.29 is 21.1 Å². The fourth-order valence-corrected chi connectivity index (χ4v) is 20.6. The minimum Gasteiger partial charge on any atom is -0.411 e. The summed E-state index contributed by atoms with van der Waals surface area (Å²) in [6, 6.07) is 39.3. The van der Waals surface area contributed by atoms with Crippen molar-refractivity contribution in [1.82, 2.24) is 0 Å². The SMILES string of the molecule is CCCCCCCc1cccc(NC(=S)[S-])c1CCCCCCC.CCCCCCCc1cccc(NC(=S)[S-])c1CCCCCCC.CCCCCCCc1cccc(NC(=S)[S-])c1CCCCCCC.CCCCCCCc1cccc(NC(=S)[S-])c1CCCCCCC.CCCCCCCc1cccc(NC(=S)[S-])c1CCCCCCC.CCCCCCCc1cccc(NC(=S)[S-])c1CCCCCCC.[Mo+6]. The summed E-state index contributed by atoms with van der Waals surface area (Å²) in [6.45, 7) is 27.2. The number of hydrogen-bond donors (Lipinski definition) is 6. The summed E-state index contributed by atoms with van der Waals surface area (Å²) in [5, 5.41) is 19.3. The molecule has 0 saturated carbocycles. The zero-order valence-corrected chi connectivity index (χ0v) is 105. The molecule has 0 aliphatic heterocycles. The molecule has 0 bridgehead atoms. The molecule has 0 unspecified atom stereocenters. The zero-order valence-electron chi connectivity index (χ0n) is 93.6. The number of aryl methyl sites for hydroxylation is 6. The van der Waals surface area contributed by atoms with Gasteiger partial charge in [-0.3, -0.25) is 0 Å². The largest absolute Gasteiger partial charge is 6.00 e. The average molecular weight is 2280 g/mol. The predicted molar refractivity (Wildman–Crippen MR) is 690 cm³/mol. The van der Waals surface area contributed by atoms with Crippen LogP contribution in [0.25, 0.3) is 0 Å². The molecule has 6 aromatic rings. The van der Waals surface area contributed by atoms with Gasteiger partial charge in [0.25, 0.3) is 0 Å². The van der Waals surface area contributed by atoms with Gasteiger partial charge in [-0.1, -0.05) is 490 Å². The summed E-state index contributed by atoms with van der Waals surface area (Å²) in [5.41, 5.74) is 24.4. The second-order valence-corrected chi connectivity index (χ2v) is 46.6. The summed E-state index contributed by atoms with van der Waals surface area (Å²) in [7, 11) is 0. The normalized spacial score (nSPS) is 10.7. The van der Waals surface area contributed by atoms with Crippen LogP contribution in [0.3, 0.4) is 0 Å². The monoisotopic (exact) mass is 2280 g/mol. The van der Waals surface area contributed by atoms with E-state index >= 15 is 0 Å². The smallest absolute Gasteiger partial charge is 0.411 e. The molecule has 0 aliphatic rings. The Kier molecular flexibility index (Phi) is 98.9. The van der Waals surface area contributed by atoms with Gasteiger partial charge >= 0.3 is 21.1 Å². The molecule has 0 atom stereocenters. The minimum atomic E-state index is 0. The number of hydrogen-bond acceptors (Lipinski definition) is 12. The third-order valence-corrected chi connectivity index (χ3v) is 28.8. The van der Waals surface area contributed by atoms with E-state index in [9.17, 15) is 0 Å². The molecule has 816 valence electrons. The standard InChI is InChI=1S/6C21H35NS2.Mo/c6*1-3-5-7-9-11-14-18-15-13-17-20(22-21(23)24)19(18)16-12-10-8-6-4-2;/h6*13,15,17H,3-12,14,16H2,1-2H3,(H2,22,23,24);/q;;;;;;+6/p-6. The Bertz CT molecular complexity index is 3510. The van der Waals surface area contributed by atoms with Gasteiger partial charge < -0.3 is 181 Å². The van der Waals surface area contributed by atoms with Crippen LogP contribution in [0.2, 0.25) is 0 Å². The van der Waals surface area contributed by atoms with E-state index in [4.69, 9.17) is 149 Å². The van der Waals surface area contributed by atoms with E-state index < -0.39 is 0 Å². The van der Waals surface area contributed by atoms with E-state index in [1.54, 1.807) is 0 Å². The predicted octanol–water partition coefficient (Wildman–Crippen LogP) is 41.7. The number of benzene rings is 6. The Balaban J connectivity index is 0.00000171. The number of thiocarbonyl (C=S) groups is 6. The minimum absolute atomic E-state index is 0. The Hall–Kier alpha value is -3.33. The molecule has 19 heteroatoms. The van der Waals surface area contributed by atoms with Crippen LogP contribution < -0.4 is 31.9 Å². The van der Waals surface area contributed by atoms with Crippen molar-refractivity contribution in [3.8, 4) is 0 Å². The van der Waals surface area contributed by atoms with Crippen LogP contribution in [0.15, 0.2) is 109 Å². The molecule has 0 aromatic heterocycles. The quantitative estimate of drug-likeness (QED) is 0.00949. The molecular formula is C126H204MoN6S12. The van der Waals surface area contributed by atoms with Crippen molar-refractivity contribution in [2.24, 2.45) is 0 Å². The number of nitrogens with one attached hydrogen (secondary N) is 6. The molecule has 0 amide bonds. The summed E-state index contributed by atoms with van der Waals surface area (Å²) >= 11 is 61.1. The first kappa shape index (κ1) is 142. The van der Waals surface area contributed by atoms with Gasteiger partial charge in [-0.15, -0.1) is 0 Å². The fraction of sp³-hybridized carbons (Fsp3) is 0.667. The van der Waals surface area contributed by atoms with Crippen LogP contribution >= 0.6 is 73.3 Å². The molecule has 145 heavy (non-hydrogen) atoms. The van der Waals surface area contributed by atoms with Gasteiger partial charge in [0, 0.05) is 34.1 Å². The van der Waals surface area contributed by atoms with Gasteiger partial charge in [0.2, 0.25) is 0 Å². The Morgan fingerprint density at radius 1 is 0.152 bits per heavy atom. The van der Waals surface area contributed by atoms with E-state index in [2.05, 4.69) is 224 Å². The van der Waals surface area contributed by atoms with Crippen LogP contribution in [0.5, 0.6) is 0 Å². The van der Waals surface area contributed by atoms with Gasteiger partial charge in [-0.05, 0) is 257 Å². The Morgan fingerprint density at radius 2 is 0.248 bits per heavy atom. The van der Waals surface area contributed by atoms with Crippen molar-refractivity contribution in [2.45, 2.75) is 545 Å². The second kappa shape index (κ2) is 101. The van der Waals surface area contributed by atoms with Crippen molar-refractivity contribution in [1.29, 1.82) is 0 Å². The van der Waals surface area contributed by atoms with Crippen LogP contribution in [0.1, 0.15) is 535 Å². The summed E-state index contributed by atoms with van der Waals surface area (Å²) < 4.78 is 2.68. The number of anilines is 6. The topological polar surface area (TPSA) is 72.2 Å². The first-order chi connectivity index (χ1) is 70.1. The van der Waals surface area contributed by atoms with Gasteiger partial charge in [0.1, 0.15) is 0 Å². The Labute approximate surface area is 973 Å². The fourth-order valence-electron chi connectivity index (χ4n) is 19.3. The van der Waals surface area contributed by atoms with E-state index in [0.29, 0.717) is 25.9 Å². The first-order valence-electron chi connectivity index (χ1n) is 58.6. The first-order valence-corrected chi connectivity index (χ1v) is 63.5. The van der Waals surface area contributed by atoms with E-state index in [1.807, 2.05) is 0 Å². The summed E-state index contributed by atoms with van der Waals surface area (Å²) in [4.78, 5) is 0. The molecule has 0 radical (unpaired) electrons. The number of rotatable bonds is 78. The molecule has 0 heterocycles. The van der Waals surface area contributed by atoms with Crippen LogP contribution in [0.4, 0.5) is 34.1 Å². The maximum Gasteiger partial charge on any atom is 6.00 e. The molecule has 0 saturated heterocycles. The zero-order chi connectivity index (χ0) is 106. The van der Waals surface area contributed by atoms with Gasteiger partial charge in [0.15, 0.2) is 0 Å².